The standard InChI is InChI=1S/C21H21N5O4S/c1-29-18-12-13(6-9-22-18)15-4-5-17-16(8-11-30-17)20(15)23-21(27)25-31(28)19-7-10-26(24-19)14-2-3-14/h4-7,9-10,12,14H,2-3,8,11H2,1H3,(H2,23,25,27). The lowest BCUT2D eigenvalue weighted by Gasteiger charge is -2.15. The summed E-state index contributed by atoms with van der Waals surface area (Å²) in [5.41, 5.74) is 3.14. The van der Waals surface area contributed by atoms with Crippen LogP contribution in [0.5, 0.6) is 11.6 Å². The van der Waals surface area contributed by atoms with Gasteiger partial charge in [-0.05, 0) is 42.7 Å². The van der Waals surface area contributed by atoms with Crippen molar-refractivity contribution in [3.8, 4) is 22.8 Å². The van der Waals surface area contributed by atoms with Crippen molar-refractivity contribution in [1.29, 1.82) is 0 Å². The number of pyridine rings is 1. The van der Waals surface area contributed by atoms with E-state index in [1.54, 1.807) is 36.3 Å². The summed E-state index contributed by atoms with van der Waals surface area (Å²) < 4.78 is 27.7. The first kappa shape index (κ1) is 19.6. The zero-order valence-electron chi connectivity index (χ0n) is 16.8. The molecule has 160 valence electrons. The normalized spacial score (nSPS) is 15.6. The maximum absolute atomic E-state index is 12.7. The number of nitrogens with zero attached hydrogens (tertiary/aromatic N) is 3. The molecule has 1 fully saturated rings. The monoisotopic (exact) mass is 439 g/mol. The van der Waals surface area contributed by atoms with Gasteiger partial charge in [0.2, 0.25) is 5.88 Å². The maximum Gasteiger partial charge on any atom is 0.331 e. The molecular formula is C21H21N5O4S. The molecule has 5 rings (SSSR count). The molecule has 2 amide bonds. The number of nitrogens with one attached hydrogen (secondary N) is 2. The number of carbonyl (C=O) groups excluding carboxylic acids is 1. The molecule has 2 aliphatic rings. The summed E-state index contributed by atoms with van der Waals surface area (Å²) >= 11 is 0. The first-order chi connectivity index (χ1) is 15.1. The Morgan fingerprint density at radius 1 is 1.29 bits per heavy atom. The minimum atomic E-state index is -1.76. The van der Waals surface area contributed by atoms with Gasteiger partial charge in [0.05, 0.1) is 25.4 Å². The van der Waals surface area contributed by atoms with E-state index in [1.807, 2.05) is 18.2 Å². The van der Waals surface area contributed by atoms with E-state index >= 15 is 0 Å². The number of methoxy groups -OCH3 is 1. The average molecular weight is 439 g/mol. The fourth-order valence-electron chi connectivity index (χ4n) is 3.58. The smallest absolute Gasteiger partial charge is 0.331 e. The van der Waals surface area contributed by atoms with Crippen molar-refractivity contribution in [1.82, 2.24) is 19.5 Å². The molecule has 1 saturated carbocycles. The van der Waals surface area contributed by atoms with Gasteiger partial charge >= 0.3 is 6.03 Å². The van der Waals surface area contributed by atoms with Crippen LogP contribution in [-0.2, 0) is 17.4 Å². The second-order valence-corrected chi connectivity index (χ2v) is 8.50. The number of benzene rings is 1. The molecule has 0 spiro atoms. The Bertz CT molecular complexity index is 1170. The lowest BCUT2D eigenvalue weighted by Crippen LogP contribution is -2.31. The summed E-state index contributed by atoms with van der Waals surface area (Å²) in [5, 5.41) is 7.50. The predicted octanol–water partition coefficient (Wildman–Crippen LogP) is 3.07. The summed E-state index contributed by atoms with van der Waals surface area (Å²) in [4.78, 5) is 16.9. The third-order valence-electron chi connectivity index (χ3n) is 5.25. The Labute approximate surface area is 181 Å². The van der Waals surface area contributed by atoms with Gasteiger partial charge < -0.3 is 14.8 Å². The van der Waals surface area contributed by atoms with Crippen LogP contribution in [0.2, 0.25) is 0 Å². The van der Waals surface area contributed by atoms with Crippen LogP contribution in [0, 0.1) is 0 Å². The maximum atomic E-state index is 12.7. The molecule has 1 atom stereocenters. The second kappa shape index (κ2) is 8.03. The quantitative estimate of drug-likeness (QED) is 0.611. The van der Waals surface area contributed by atoms with Crippen LogP contribution >= 0.6 is 0 Å². The van der Waals surface area contributed by atoms with Crippen molar-refractivity contribution in [2.45, 2.75) is 30.3 Å². The molecule has 3 aromatic rings. The SMILES string of the molecule is COc1cc(-c2ccc3c(c2NC(=O)NS(=O)c2ccn(C4CC4)n2)CCO3)ccn1. The minimum absolute atomic E-state index is 0.322. The minimum Gasteiger partial charge on any atom is -0.493 e. The van der Waals surface area contributed by atoms with Gasteiger partial charge in [-0.15, -0.1) is 0 Å². The molecule has 1 aromatic carbocycles. The van der Waals surface area contributed by atoms with Crippen LogP contribution < -0.4 is 19.5 Å². The predicted molar refractivity (Wildman–Crippen MR) is 114 cm³/mol. The molecule has 1 aliphatic carbocycles. The molecule has 1 unspecified atom stereocenters. The van der Waals surface area contributed by atoms with Gasteiger partial charge in [-0.25, -0.2) is 14.0 Å². The van der Waals surface area contributed by atoms with Crippen LogP contribution in [0.1, 0.15) is 24.4 Å². The topological polar surface area (TPSA) is 107 Å². The van der Waals surface area contributed by atoms with Crippen molar-refractivity contribution in [3.05, 3.63) is 48.3 Å². The molecule has 31 heavy (non-hydrogen) atoms. The van der Waals surface area contributed by atoms with Crippen LogP contribution in [0.25, 0.3) is 11.1 Å². The summed E-state index contributed by atoms with van der Waals surface area (Å²) in [6, 6.07) is 8.86. The summed E-state index contributed by atoms with van der Waals surface area (Å²) in [5.74, 6) is 1.20. The van der Waals surface area contributed by atoms with E-state index in [1.165, 1.54) is 0 Å². The first-order valence-electron chi connectivity index (χ1n) is 9.96. The lowest BCUT2D eigenvalue weighted by atomic mass is 9.99. The third kappa shape index (κ3) is 3.98. The molecule has 0 saturated heterocycles. The van der Waals surface area contributed by atoms with Crippen LogP contribution in [0.4, 0.5) is 10.5 Å². The number of hydrogen-bond donors (Lipinski definition) is 2. The van der Waals surface area contributed by atoms with Crippen molar-refractivity contribution in [3.63, 3.8) is 0 Å². The van der Waals surface area contributed by atoms with Crippen molar-refractivity contribution >= 4 is 22.7 Å². The van der Waals surface area contributed by atoms with Gasteiger partial charge in [0, 0.05) is 36.0 Å². The molecular weight excluding hydrogens is 418 g/mol. The number of rotatable bonds is 6. The Morgan fingerprint density at radius 2 is 2.16 bits per heavy atom. The number of aromatic nitrogens is 3. The fourth-order valence-corrected chi connectivity index (χ4v) is 4.26. The number of amides is 2. The number of ether oxygens (including phenoxy) is 2. The number of carbonyl (C=O) groups is 1. The zero-order chi connectivity index (χ0) is 21.4. The van der Waals surface area contributed by atoms with Crippen molar-refractivity contribution in [2.24, 2.45) is 0 Å². The highest BCUT2D eigenvalue weighted by Gasteiger charge is 2.26. The van der Waals surface area contributed by atoms with E-state index in [2.05, 4.69) is 20.1 Å². The Hall–Kier alpha value is -3.40. The van der Waals surface area contributed by atoms with E-state index in [9.17, 15) is 9.00 Å². The van der Waals surface area contributed by atoms with E-state index in [0.717, 1.165) is 35.3 Å². The first-order valence-corrected chi connectivity index (χ1v) is 11.1. The van der Waals surface area contributed by atoms with Gasteiger partial charge in [0.1, 0.15) is 5.75 Å². The van der Waals surface area contributed by atoms with Gasteiger partial charge in [-0.1, -0.05) is 0 Å². The number of hydrogen-bond acceptors (Lipinski definition) is 6. The van der Waals surface area contributed by atoms with Crippen molar-refractivity contribution in [2.75, 3.05) is 19.0 Å². The Morgan fingerprint density at radius 3 is 2.97 bits per heavy atom. The molecule has 0 radical (unpaired) electrons. The molecule has 1 aliphatic heterocycles. The molecule has 10 heteroatoms. The Kier molecular flexibility index (Phi) is 5.06. The van der Waals surface area contributed by atoms with Gasteiger partial charge in [-0.2, -0.15) is 5.10 Å². The molecule has 3 heterocycles. The number of urea groups is 1. The highest BCUT2D eigenvalue weighted by Crippen LogP contribution is 2.40. The second-order valence-electron chi connectivity index (χ2n) is 7.34. The molecule has 0 bridgehead atoms. The van der Waals surface area contributed by atoms with Crippen LogP contribution in [0.3, 0.4) is 0 Å². The van der Waals surface area contributed by atoms with E-state index in [-0.39, 0.29) is 0 Å². The van der Waals surface area contributed by atoms with Gasteiger partial charge in [-0.3, -0.25) is 9.40 Å². The fraction of sp³-hybridized carbons (Fsp3) is 0.286. The van der Waals surface area contributed by atoms with Gasteiger partial charge in [0.15, 0.2) is 16.0 Å². The Balaban J connectivity index is 1.40. The van der Waals surface area contributed by atoms with E-state index < -0.39 is 17.0 Å². The zero-order valence-corrected chi connectivity index (χ0v) is 17.6. The van der Waals surface area contributed by atoms with Gasteiger partial charge in [0.25, 0.3) is 0 Å². The highest BCUT2D eigenvalue weighted by molar-refractivity contribution is 7.83. The van der Waals surface area contributed by atoms with Crippen LogP contribution in [-0.4, -0.2) is 38.7 Å². The third-order valence-corrected chi connectivity index (χ3v) is 6.22. The highest BCUT2D eigenvalue weighted by atomic mass is 32.2. The van der Waals surface area contributed by atoms with Crippen LogP contribution in [0.15, 0.2) is 47.8 Å². The molecule has 2 N–H and O–H groups in total. The summed E-state index contributed by atoms with van der Waals surface area (Å²) in [6.07, 6.45) is 6.25. The lowest BCUT2D eigenvalue weighted by molar-refractivity contribution is 0.257. The van der Waals surface area contributed by atoms with E-state index in [4.69, 9.17) is 9.47 Å². The summed E-state index contributed by atoms with van der Waals surface area (Å²) in [6.45, 7) is 0.541. The summed E-state index contributed by atoms with van der Waals surface area (Å²) in [7, 11) is -0.214. The molecule has 9 nitrogen and oxygen atoms in total. The number of anilines is 1. The number of fused-ring (bicyclic) bond motifs is 1. The average Bonchev–Trinajstić information content (AvgIpc) is 3.31. The largest absolute Gasteiger partial charge is 0.493 e. The molecule has 2 aromatic heterocycles. The van der Waals surface area contributed by atoms with Crippen molar-refractivity contribution < 1.29 is 18.5 Å². The van der Waals surface area contributed by atoms with E-state index in [0.29, 0.717) is 35.7 Å².